The van der Waals surface area contributed by atoms with Crippen LogP contribution in [0.3, 0.4) is 0 Å². The molecular weight excluding hydrogens is 420 g/mol. The van der Waals surface area contributed by atoms with Crippen LogP contribution < -0.4 is 4.74 Å². The van der Waals surface area contributed by atoms with Crippen molar-refractivity contribution in [2.45, 2.75) is 45.4 Å². The van der Waals surface area contributed by atoms with Crippen molar-refractivity contribution in [3.05, 3.63) is 82.9 Å². The number of halogens is 4. The van der Waals surface area contributed by atoms with Crippen molar-refractivity contribution in [2.24, 2.45) is 0 Å². The number of hydrogen-bond acceptors (Lipinski definition) is 2. The number of carbonyl (C=O) groups is 1. The quantitative estimate of drug-likeness (QED) is 0.144. The molecule has 0 aliphatic carbocycles. The van der Waals surface area contributed by atoms with Crippen molar-refractivity contribution in [1.82, 2.24) is 0 Å². The van der Waals surface area contributed by atoms with E-state index in [0.29, 0.717) is 5.56 Å². The minimum absolute atomic E-state index is 0.0537. The van der Waals surface area contributed by atoms with E-state index in [4.69, 9.17) is 4.74 Å². The third-order valence-corrected chi connectivity index (χ3v) is 5.26. The molecule has 0 heterocycles. The predicted molar refractivity (Wildman–Crippen MR) is 118 cm³/mol. The van der Waals surface area contributed by atoms with Crippen molar-refractivity contribution < 1.29 is 27.1 Å². The number of hydrogen-bond donors (Lipinski definition) is 0. The zero-order valence-corrected chi connectivity index (χ0v) is 17.8. The van der Waals surface area contributed by atoms with Crippen LogP contribution >= 0.6 is 0 Å². The predicted octanol–water partition coefficient (Wildman–Crippen LogP) is 8.09. The van der Waals surface area contributed by atoms with Gasteiger partial charge in [0.25, 0.3) is 6.08 Å². The molecule has 0 amide bonds. The number of rotatable bonds is 9. The number of fused-ring (bicyclic) bond motifs is 1. The molecule has 0 unspecified atom stereocenters. The Morgan fingerprint density at radius 3 is 2.34 bits per heavy atom. The SMILES string of the molecule is CCCCCCCc1ccc(C(=O)Oc2ccc3c(F)c(C=C(F)F)c(F)cc3c2)cc1. The van der Waals surface area contributed by atoms with E-state index in [9.17, 15) is 22.4 Å². The fourth-order valence-electron chi connectivity index (χ4n) is 3.54. The Morgan fingerprint density at radius 1 is 0.938 bits per heavy atom. The van der Waals surface area contributed by atoms with Crippen molar-refractivity contribution >= 4 is 22.8 Å². The monoisotopic (exact) mass is 444 g/mol. The molecule has 0 spiro atoms. The van der Waals surface area contributed by atoms with E-state index in [2.05, 4.69) is 6.92 Å². The number of ether oxygens (including phenoxy) is 1. The van der Waals surface area contributed by atoms with Crippen molar-refractivity contribution in [3.63, 3.8) is 0 Å². The maximum Gasteiger partial charge on any atom is 0.343 e. The fraction of sp³-hybridized carbons (Fsp3) is 0.269. The molecule has 0 aliphatic rings. The van der Waals surface area contributed by atoms with Crippen molar-refractivity contribution in [2.75, 3.05) is 0 Å². The second kappa shape index (κ2) is 10.9. The summed E-state index contributed by atoms with van der Waals surface area (Å²) >= 11 is 0. The molecule has 32 heavy (non-hydrogen) atoms. The van der Waals surface area contributed by atoms with Crippen LogP contribution in [0.1, 0.15) is 60.5 Å². The van der Waals surface area contributed by atoms with Crippen molar-refractivity contribution in [1.29, 1.82) is 0 Å². The maximum atomic E-state index is 14.4. The zero-order chi connectivity index (χ0) is 23.1. The summed E-state index contributed by atoms with van der Waals surface area (Å²) in [7, 11) is 0. The van der Waals surface area contributed by atoms with Crippen LogP contribution in [0.25, 0.3) is 16.8 Å². The molecule has 6 heteroatoms. The minimum Gasteiger partial charge on any atom is -0.423 e. The number of unbranched alkanes of at least 4 members (excludes halogenated alkanes) is 4. The number of benzene rings is 3. The van der Waals surface area contributed by atoms with Gasteiger partial charge in [-0.1, -0.05) is 44.7 Å². The first kappa shape index (κ1) is 23.5. The third-order valence-electron chi connectivity index (χ3n) is 5.26. The highest BCUT2D eigenvalue weighted by atomic mass is 19.3. The summed E-state index contributed by atoms with van der Waals surface area (Å²) in [6.07, 6.45) is 4.85. The fourth-order valence-corrected chi connectivity index (χ4v) is 3.54. The number of esters is 1. The van der Waals surface area contributed by atoms with Gasteiger partial charge in [0, 0.05) is 11.5 Å². The average molecular weight is 444 g/mol. The van der Waals surface area contributed by atoms with Gasteiger partial charge in [0.05, 0.1) is 11.1 Å². The van der Waals surface area contributed by atoms with Crippen LogP contribution in [-0.4, -0.2) is 5.97 Å². The Balaban J connectivity index is 1.69. The van der Waals surface area contributed by atoms with Gasteiger partial charge in [0.1, 0.15) is 17.4 Å². The Bertz CT molecular complexity index is 1120. The molecule has 0 saturated heterocycles. The number of aryl methyl sites for hydroxylation is 1. The summed E-state index contributed by atoms with van der Waals surface area (Å²) in [4.78, 5) is 12.4. The van der Waals surface area contributed by atoms with Gasteiger partial charge in [-0.2, -0.15) is 8.78 Å². The highest BCUT2D eigenvalue weighted by Gasteiger charge is 2.15. The first-order valence-corrected chi connectivity index (χ1v) is 10.6. The topological polar surface area (TPSA) is 26.3 Å². The minimum atomic E-state index is -2.20. The summed E-state index contributed by atoms with van der Waals surface area (Å²) < 4.78 is 58.7. The van der Waals surface area contributed by atoms with Gasteiger partial charge >= 0.3 is 5.97 Å². The molecule has 2 nitrogen and oxygen atoms in total. The van der Waals surface area contributed by atoms with Crippen LogP contribution in [0, 0.1) is 11.6 Å². The van der Waals surface area contributed by atoms with E-state index in [-0.39, 0.29) is 22.6 Å². The number of carbonyl (C=O) groups excluding carboxylic acids is 1. The van der Waals surface area contributed by atoms with Crippen molar-refractivity contribution in [3.8, 4) is 5.75 Å². The van der Waals surface area contributed by atoms with E-state index in [1.54, 1.807) is 12.1 Å². The van der Waals surface area contributed by atoms with Gasteiger partial charge in [-0.05, 0) is 60.2 Å². The summed E-state index contributed by atoms with van der Waals surface area (Å²) in [5, 5.41) is 0.0436. The van der Waals surface area contributed by atoms with Gasteiger partial charge < -0.3 is 4.74 Å². The molecule has 3 aromatic carbocycles. The molecular formula is C26H24F4O2. The Kier molecular flexibility index (Phi) is 8.03. The molecule has 3 rings (SSSR count). The lowest BCUT2D eigenvalue weighted by atomic mass is 10.0. The lowest BCUT2D eigenvalue weighted by Crippen LogP contribution is -2.08. The third kappa shape index (κ3) is 5.96. The zero-order valence-electron chi connectivity index (χ0n) is 17.8. The van der Waals surface area contributed by atoms with Gasteiger partial charge in [-0.25, -0.2) is 13.6 Å². The summed E-state index contributed by atoms with van der Waals surface area (Å²) in [6, 6.07) is 12.0. The molecule has 0 N–H and O–H groups in total. The normalized spacial score (nSPS) is 10.9. The molecule has 0 aromatic heterocycles. The standard InChI is InChI=1S/C26H24F4O2/c1-2-3-4-5-6-7-17-8-10-18(11-9-17)26(31)32-20-12-13-21-19(14-20)15-23(27)22(25(21)30)16-24(28)29/h8-16H,2-7H2,1H3. The maximum absolute atomic E-state index is 14.4. The van der Waals surface area contributed by atoms with E-state index in [1.807, 2.05) is 12.1 Å². The van der Waals surface area contributed by atoms with E-state index in [0.717, 1.165) is 24.5 Å². The highest BCUT2D eigenvalue weighted by Crippen LogP contribution is 2.29. The van der Waals surface area contributed by atoms with E-state index >= 15 is 0 Å². The molecule has 0 saturated carbocycles. The molecule has 0 radical (unpaired) electrons. The van der Waals surface area contributed by atoms with Gasteiger partial charge in [0.15, 0.2) is 0 Å². The van der Waals surface area contributed by atoms with Crippen LogP contribution in [0.2, 0.25) is 0 Å². The highest BCUT2D eigenvalue weighted by molar-refractivity contribution is 5.92. The molecule has 0 aliphatic heterocycles. The van der Waals surface area contributed by atoms with Crippen LogP contribution in [0.15, 0.2) is 54.6 Å². The van der Waals surface area contributed by atoms with Gasteiger partial charge in [-0.3, -0.25) is 0 Å². The molecule has 0 bridgehead atoms. The van der Waals surface area contributed by atoms with Crippen LogP contribution in [0.4, 0.5) is 17.6 Å². The lowest BCUT2D eigenvalue weighted by Gasteiger charge is -2.09. The Labute approximate surface area is 184 Å². The Morgan fingerprint density at radius 2 is 1.66 bits per heavy atom. The molecule has 168 valence electrons. The molecule has 0 fully saturated rings. The molecule has 0 atom stereocenters. The lowest BCUT2D eigenvalue weighted by molar-refractivity contribution is 0.0735. The first-order chi connectivity index (χ1) is 15.4. The largest absolute Gasteiger partial charge is 0.423 e. The second-order valence-electron chi connectivity index (χ2n) is 7.65. The van der Waals surface area contributed by atoms with Gasteiger partial charge in [0.2, 0.25) is 0 Å². The molecule has 3 aromatic rings. The van der Waals surface area contributed by atoms with E-state index in [1.165, 1.54) is 43.9 Å². The van der Waals surface area contributed by atoms with Crippen LogP contribution in [-0.2, 0) is 6.42 Å². The summed E-state index contributed by atoms with van der Waals surface area (Å²) in [5.74, 6) is -2.73. The smallest absolute Gasteiger partial charge is 0.343 e. The van der Waals surface area contributed by atoms with E-state index < -0.39 is 29.2 Å². The second-order valence-corrected chi connectivity index (χ2v) is 7.65. The van der Waals surface area contributed by atoms with Crippen LogP contribution in [0.5, 0.6) is 5.75 Å². The average Bonchev–Trinajstić information content (AvgIpc) is 2.76. The van der Waals surface area contributed by atoms with Gasteiger partial charge in [-0.15, -0.1) is 0 Å². The first-order valence-electron chi connectivity index (χ1n) is 10.6. The summed E-state index contributed by atoms with van der Waals surface area (Å²) in [5.41, 5.74) is 0.688. The summed E-state index contributed by atoms with van der Waals surface area (Å²) in [6.45, 7) is 2.18. The Hall–Kier alpha value is -3.15.